The number of pyridine rings is 4. The average Bonchev–Trinajstić information content (AvgIpc) is 2.99. The van der Waals surface area contributed by atoms with Crippen molar-refractivity contribution in [3.63, 3.8) is 0 Å². The molecule has 0 unspecified atom stereocenters. The van der Waals surface area contributed by atoms with Gasteiger partial charge in [0.1, 0.15) is 50.3 Å². The minimum atomic E-state index is 0.804. The second-order valence-electron chi connectivity index (χ2n) is 11.2. The molecule has 9 aromatic rings. The third-order valence-corrected chi connectivity index (χ3v) is 8.64. The van der Waals surface area contributed by atoms with E-state index in [0.29, 0.717) is 0 Å². The summed E-state index contributed by atoms with van der Waals surface area (Å²) in [6.45, 7) is 0. The van der Waals surface area contributed by atoms with E-state index in [9.17, 15) is 0 Å². The third kappa shape index (κ3) is 2.95. The predicted molar refractivity (Wildman–Crippen MR) is 162 cm³/mol. The van der Waals surface area contributed by atoms with E-state index in [-0.39, 0.29) is 0 Å². The highest BCUT2D eigenvalue weighted by Crippen LogP contribution is 2.34. The Kier molecular flexibility index (Phi) is 4.45. The SMILES string of the molecule is C[n+]1cccc2c3nc4cc5nc6c7ccc[n+](C)c7c7c(ccc[n+]7C)c6nc5cc4nc3c3ccc[n+](C)c3c21. The molecule has 0 radical (unpaired) electrons. The van der Waals surface area contributed by atoms with Gasteiger partial charge in [0.15, 0.2) is 24.8 Å². The fourth-order valence-electron chi connectivity index (χ4n) is 6.75. The highest BCUT2D eigenvalue weighted by Gasteiger charge is 2.26. The summed E-state index contributed by atoms with van der Waals surface area (Å²) in [5.74, 6) is 0. The monoisotopic (exact) mass is 546 g/mol. The molecule has 0 atom stereocenters. The normalized spacial score (nSPS) is 12.3. The van der Waals surface area contributed by atoms with Crippen LogP contribution in [0.15, 0.2) is 85.5 Å². The first-order chi connectivity index (χ1) is 20.5. The van der Waals surface area contributed by atoms with Crippen molar-refractivity contribution >= 4 is 87.7 Å². The molecule has 0 N–H and O–H groups in total. The molecule has 3 aromatic carbocycles. The zero-order valence-corrected chi connectivity index (χ0v) is 23.7. The molecule has 6 aromatic heterocycles. The average molecular weight is 547 g/mol. The summed E-state index contributed by atoms with van der Waals surface area (Å²) in [7, 11) is 8.32. The summed E-state index contributed by atoms with van der Waals surface area (Å²) in [4.78, 5) is 20.9. The number of aryl methyl sites for hydroxylation is 4. The van der Waals surface area contributed by atoms with Gasteiger partial charge in [-0.15, -0.1) is 0 Å². The molecule has 0 bridgehead atoms. The van der Waals surface area contributed by atoms with Crippen molar-refractivity contribution < 1.29 is 18.3 Å². The quantitative estimate of drug-likeness (QED) is 0.165. The van der Waals surface area contributed by atoms with Crippen LogP contribution in [0.5, 0.6) is 0 Å². The minimum absolute atomic E-state index is 0.804. The molecule has 6 heterocycles. The number of hydrogen-bond acceptors (Lipinski definition) is 4. The van der Waals surface area contributed by atoms with E-state index in [1.165, 1.54) is 0 Å². The summed E-state index contributed by atoms with van der Waals surface area (Å²) in [6, 6.07) is 20.9. The molecule has 0 spiro atoms. The van der Waals surface area contributed by atoms with E-state index in [1.54, 1.807) is 0 Å². The lowest BCUT2D eigenvalue weighted by atomic mass is 10.1. The molecule has 8 heteroatoms. The number of hydrogen-bond donors (Lipinski definition) is 0. The topological polar surface area (TPSA) is 67.1 Å². The van der Waals surface area contributed by atoms with Crippen LogP contribution >= 0.6 is 0 Å². The van der Waals surface area contributed by atoms with Gasteiger partial charge in [0.05, 0.1) is 43.6 Å². The lowest BCUT2D eigenvalue weighted by Gasteiger charge is -2.09. The van der Waals surface area contributed by atoms with Crippen LogP contribution in [0.4, 0.5) is 0 Å². The van der Waals surface area contributed by atoms with Gasteiger partial charge in [-0.2, -0.15) is 18.3 Å². The first-order valence-electron chi connectivity index (χ1n) is 14.0. The van der Waals surface area contributed by atoms with Crippen LogP contribution in [0, 0.1) is 0 Å². The van der Waals surface area contributed by atoms with Crippen LogP contribution < -0.4 is 18.3 Å². The summed E-state index contributed by atoms with van der Waals surface area (Å²) in [6.07, 6.45) is 8.32. The minimum Gasteiger partial charge on any atom is -0.243 e. The lowest BCUT2D eigenvalue weighted by Crippen LogP contribution is -2.35. The fourth-order valence-corrected chi connectivity index (χ4v) is 6.75. The Morgan fingerprint density at radius 1 is 0.381 bits per heavy atom. The zero-order chi connectivity index (χ0) is 28.3. The predicted octanol–water partition coefficient (Wildman–Crippen LogP) is 3.79. The molecule has 0 saturated carbocycles. The molecule has 0 fully saturated rings. The molecule has 198 valence electrons. The molecular formula is C34H26N8+4. The molecule has 0 aliphatic rings. The number of aromatic nitrogens is 8. The third-order valence-electron chi connectivity index (χ3n) is 8.64. The van der Waals surface area contributed by atoms with Crippen LogP contribution in [-0.4, -0.2) is 19.9 Å². The molecule has 42 heavy (non-hydrogen) atoms. The van der Waals surface area contributed by atoms with Gasteiger partial charge in [0, 0.05) is 24.3 Å². The van der Waals surface area contributed by atoms with E-state index >= 15 is 0 Å². The summed E-state index contributed by atoms with van der Waals surface area (Å²) in [5, 5.41) is 4.28. The van der Waals surface area contributed by atoms with E-state index in [0.717, 1.165) is 87.7 Å². The number of nitrogens with zero attached hydrogens (tertiary/aromatic N) is 8. The van der Waals surface area contributed by atoms with E-state index in [2.05, 4.69) is 120 Å². The van der Waals surface area contributed by atoms with Crippen LogP contribution in [-0.2, 0) is 28.2 Å². The van der Waals surface area contributed by atoms with Crippen LogP contribution in [0.3, 0.4) is 0 Å². The van der Waals surface area contributed by atoms with Crippen LogP contribution in [0.2, 0.25) is 0 Å². The summed E-state index contributed by atoms with van der Waals surface area (Å²) in [5.41, 5.74) is 11.3. The second kappa shape index (κ2) is 8.04. The highest BCUT2D eigenvalue weighted by molar-refractivity contribution is 6.21. The Balaban J connectivity index is 1.46. The van der Waals surface area contributed by atoms with E-state index in [1.807, 2.05) is 12.1 Å². The number of fused-ring (bicyclic) bond motifs is 14. The van der Waals surface area contributed by atoms with Crippen molar-refractivity contribution in [1.82, 2.24) is 19.9 Å². The summed E-state index contributed by atoms with van der Waals surface area (Å²) >= 11 is 0. The largest absolute Gasteiger partial charge is 0.287 e. The van der Waals surface area contributed by atoms with Crippen molar-refractivity contribution in [1.29, 1.82) is 0 Å². The first kappa shape index (κ1) is 23.2. The Morgan fingerprint density at radius 2 is 0.619 bits per heavy atom. The van der Waals surface area contributed by atoms with Gasteiger partial charge in [-0.25, -0.2) is 19.9 Å². The van der Waals surface area contributed by atoms with Crippen molar-refractivity contribution in [2.45, 2.75) is 0 Å². The van der Waals surface area contributed by atoms with Gasteiger partial charge >= 0.3 is 0 Å². The van der Waals surface area contributed by atoms with Crippen molar-refractivity contribution in [3.05, 3.63) is 85.5 Å². The van der Waals surface area contributed by atoms with Crippen molar-refractivity contribution in [2.24, 2.45) is 28.2 Å². The fraction of sp³-hybridized carbons (Fsp3) is 0.118. The first-order valence-corrected chi connectivity index (χ1v) is 14.0. The Labute approximate surface area is 239 Å². The smallest absolute Gasteiger partial charge is 0.243 e. The standard InChI is InChI=1S/C34H26N8/c1-39-13-5-9-19-27-28(20-10-6-14-40(2)32(20)31(19)39)36-24-18-26-25(17-23(24)35-27)37-29-21-11-7-15-41(3)33(21)34-22(30(29)38-26)12-8-16-42(34)4/h5-18H,1-4H3/q+4. The van der Waals surface area contributed by atoms with Gasteiger partial charge in [-0.05, 0) is 36.4 Å². The number of rotatable bonds is 0. The van der Waals surface area contributed by atoms with Gasteiger partial charge in [0.2, 0.25) is 0 Å². The zero-order valence-electron chi connectivity index (χ0n) is 23.7. The van der Waals surface area contributed by atoms with E-state index in [4.69, 9.17) is 19.9 Å². The summed E-state index contributed by atoms with van der Waals surface area (Å²) < 4.78 is 8.65. The molecule has 0 saturated heterocycles. The maximum atomic E-state index is 5.23. The second-order valence-corrected chi connectivity index (χ2v) is 11.2. The van der Waals surface area contributed by atoms with Gasteiger partial charge in [0.25, 0.3) is 22.1 Å². The number of benzene rings is 3. The molecular weight excluding hydrogens is 520 g/mol. The Hall–Kier alpha value is -5.50. The molecule has 8 nitrogen and oxygen atoms in total. The highest BCUT2D eigenvalue weighted by atomic mass is 15.0. The molecule has 9 rings (SSSR count). The van der Waals surface area contributed by atoms with Crippen molar-refractivity contribution in [3.8, 4) is 0 Å². The van der Waals surface area contributed by atoms with Crippen molar-refractivity contribution in [2.75, 3.05) is 0 Å². The molecule has 0 aliphatic heterocycles. The molecule has 0 aliphatic carbocycles. The maximum Gasteiger partial charge on any atom is 0.287 e. The molecule has 0 amide bonds. The van der Waals surface area contributed by atoms with Gasteiger partial charge in [-0.3, -0.25) is 0 Å². The van der Waals surface area contributed by atoms with Crippen LogP contribution in [0.1, 0.15) is 0 Å². The van der Waals surface area contributed by atoms with Gasteiger partial charge < -0.3 is 0 Å². The maximum absolute atomic E-state index is 5.23. The lowest BCUT2D eigenvalue weighted by molar-refractivity contribution is -0.664. The Morgan fingerprint density at radius 3 is 0.857 bits per heavy atom. The Bertz CT molecular complexity index is 2310. The van der Waals surface area contributed by atoms with Crippen LogP contribution in [0.25, 0.3) is 87.7 Å². The van der Waals surface area contributed by atoms with Gasteiger partial charge in [-0.1, -0.05) is 0 Å². The van der Waals surface area contributed by atoms with E-state index < -0.39 is 0 Å².